The van der Waals surface area contributed by atoms with Crippen molar-refractivity contribution in [1.82, 2.24) is 0 Å². The maximum atomic E-state index is 2.41. The zero-order chi connectivity index (χ0) is 34.4. The second kappa shape index (κ2) is 12.7. The summed E-state index contributed by atoms with van der Waals surface area (Å²) in [4.78, 5) is 0. The molecule has 0 N–H and O–H groups in total. The molecular formula is C52H36. The van der Waals surface area contributed by atoms with Crippen LogP contribution in [0.4, 0.5) is 0 Å². The average Bonchev–Trinajstić information content (AvgIpc) is 3.22. The molecule has 0 nitrogen and oxygen atoms in total. The predicted molar refractivity (Wildman–Crippen MR) is 220 cm³/mol. The van der Waals surface area contributed by atoms with Crippen LogP contribution >= 0.6 is 0 Å². The summed E-state index contributed by atoms with van der Waals surface area (Å²) in [6, 6.07) is 67.2. The summed E-state index contributed by atoms with van der Waals surface area (Å²) < 4.78 is 0. The molecule has 0 saturated heterocycles. The number of hydrogen-bond donors (Lipinski definition) is 0. The van der Waals surface area contributed by atoms with Crippen molar-refractivity contribution >= 4 is 27.1 Å². The fourth-order valence-corrected chi connectivity index (χ4v) is 8.52. The van der Waals surface area contributed by atoms with Gasteiger partial charge in [0, 0.05) is 11.8 Å². The molecule has 0 amide bonds. The van der Waals surface area contributed by atoms with E-state index in [-0.39, 0.29) is 11.8 Å². The van der Waals surface area contributed by atoms with Gasteiger partial charge in [0.25, 0.3) is 0 Å². The predicted octanol–water partition coefficient (Wildman–Crippen LogP) is 13.7. The van der Waals surface area contributed by atoms with Gasteiger partial charge in [-0.05, 0) is 119 Å². The molecule has 2 aliphatic rings. The Labute approximate surface area is 305 Å². The van der Waals surface area contributed by atoms with Crippen LogP contribution in [0, 0.1) is 5.92 Å². The first-order valence-electron chi connectivity index (χ1n) is 18.2. The lowest BCUT2D eigenvalue weighted by molar-refractivity contribution is 0.649. The molecule has 10 rings (SSSR count). The summed E-state index contributed by atoms with van der Waals surface area (Å²) in [6.07, 6.45) is 9.19. The molecular weight excluding hydrogens is 625 g/mol. The summed E-state index contributed by atoms with van der Waals surface area (Å²) in [5, 5.41) is 5.07. The van der Waals surface area contributed by atoms with Gasteiger partial charge in [-0.1, -0.05) is 176 Å². The van der Waals surface area contributed by atoms with E-state index in [0.29, 0.717) is 0 Å². The Kier molecular flexibility index (Phi) is 7.40. The van der Waals surface area contributed by atoms with E-state index in [0.717, 1.165) is 0 Å². The van der Waals surface area contributed by atoms with Gasteiger partial charge >= 0.3 is 0 Å². The van der Waals surface area contributed by atoms with Gasteiger partial charge in [0.1, 0.15) is 0 Å². The lowest BCUT2D eigenvalue weighted by Crippen LogP contribution is -2.22. The molecule has 0 saturated carbocycles. The minimum absolute atomic E-state index is 0.246. The summed E-state index contributed by atoms with van der Waals surface area (Å²) >= 11 is 0. The third kappa shape index (κ3) is 5.32. The van der Waals surface area contributed by atoms with E-state index in [4.69, 9.17) is 0 Å². The van der Waals surface area contributed by atoms with Crippen LogP contribution in [0.15, 0.2) is 212 Å². The molecule has 0 bridgehead atoms. The van der Waals surface area contributed by atoms with Crippen LogP contribution in [0.25, 0.3) is 60.5 Å². The fourth-order valence-electron chi connectivity index (χ4n) is 8.52. The molecule has 0 heteroatoms. The van der Waals surface area contributed by atoms with Crippen LogP contribution in [0.5, 0.6) is 0 Å². The van der Waals surface area contributed by atoms with Gasteiger partial charge in [-0.15, -0.1) is 0 Å². The second-order valence-electron chi connectivity index (χ2n) is 14.1. The Morgan fingerprint density at radius 1 is 0.346 bits per heavy atom. The molecule has 0 heterocycles. The minimum Gasteiger partial charge on any atom is -0.0760 e. The van der Waals surface area contributed by atoms with Crippen LogP contribution < -0.4 is 0 Å². The molecule has 244 valence electrons. The number of rotatable bonds is 5. The van der Waals surface area contributed by atoms with Gasteiger partial charge in [-0.3, -0.25) is 0 Å². The highest BCUT2D eigenvalue weighted by Crippen LogP contribution is 2.50. The van der Waals surface area contributed by atoms with E-state index in [9.17, 15) is 0 Å². The van der Waals surface area contributed by atoms with E-state index >= 15 is 0 Å². The molecule has 8 aromatic rings. The van der Waals surface area contributed by atoms with Gasteiger partial charge in [0.2, 0.25) is 0 Å². The average molecular weight is 661 g/mol. The number of benzene rings is 8. The van der Waals surface area contributed by atoms with Crippen molar-refractivity contribution in [2.45, 2.75) is 5.92 Å². The Morgan fingerprint density at radius 3 is 1.63 bits per heavy atom. The van der Waals surface area contributed by atoms with Crippen LogP contribution in [0.3, 0.4) is 0 Å². The van der Waals surface area contributed by atoms with Crippen molar-refractivity contribution in [2.75, 3.05) is 0 Å². The van der Waals surface area contributed by atoms with Crippen LogP contribution in [-0.2, 0) is 0 Å². The van der Waals surface area contributed by atoms with Crippen molar-refractivity contribution in [2.24, 2.45) is 5.92 Å². The fraction of sp³-hybridized carbons (Fsp3) is 0.0385. The first-order valence-corrected chi connectivity index (χ1v) is 18.2. The Bertz CT molecular complexity index is 2670. The molecule has 2 unspecified atom stereocenters. The second-order valence-corrected chi connectivity index (χ2v) is 14.1. The largest absolute Gasteiger partial charge is 0.0760 e. The van der Waals surface area contributed by atoms with E-state index in [1.165, 1.54) is 88.3 Å². The van der Waals surface area contributed by atoms with E-state index in [1.807, 2.05) is 0 Å². The Hall–Kier alpha value is -6.50. The number of allylic oxidation sites excluding steroid dienone is 5. The molecule has 0 spiro atoms. The lowest BCUT2D eigenvalue weighted by atomic mass is 9.66. The standard InChI is InChI=1S/C52H36/c1-3-13-35(14-4-1)44-32-45(36-15-5-2-6-16-36)34-46(33-44)41-25-24-40-31-43(28-26-39(40)29-41)52-49-21-11-9-19-47(49)51(48-20-10-12-22-50(48)52)42-27-23-37-17-7-8-18-38(37)30-42/h1-34,47,51H. The minimum atomic E-state index is 0.246. The van der Waals surface area contributed by atoms with Crippen molar-refractivity contribution in [3.8, 4) is 33.4 Å². The lowest BCUT2D eigenvalue weighted by Gasteiger charge is -2.37. The van der Waals surface area contributed by atoms with Crippen molar-refractivity contribution in [3.63, 3.8) is 0 Å². The highest BCUT2D eigenvalue weighted by Gasteiger charge is 2.35. The van der Waals surface area contributed by atoms with Crippen molar-refractivity contribution in [1.29, 1.82) is 0 Å². The third-order valence-corrected chi connectivity index (χ3v) is 11.0. The summed E-state index contributed by atoms with van der Waals surface area (Å²) in [5.74, 6) is 0.501. The summed E-state index contributed by atoms with van der Waals surface area (Å²) in [7, 11) is 0. The summed E-state index contributed by atoms with van der Waals surface area (Å²) in [6.45, 7) is 0. The molecule has 2 atom stereocenters. The zero-order valence-corrected chi connectivity index (χ0v) is 28.8. The van der Waals surface area contributed by atoms with Crippen molar-refractivity contribution < 1.29 is 0 Å². The van der Waals surface area contributed by atoms with Gasteiger partial charge in [0.15, 0.2) is 0 Å². The van der Waals surface area contributed by atoms with Gasteiger partial charge < -0.3 is 0 Å². The molecule has 0 aliphatic heterocycles. The third-order valence-electron chi connectivity index (χ3n) is 11.0. The monoisotopic (exact) mass is 660 g/mol. The smallest absolute Gasteiger partial charge is 0.0199 e. The van der Waals surface area contributed by atoms with Crippen LogP contribution in [-0.4, -0.2) is 0 Å². The SMILES string of the molecule is C1=CC2=C(c3ccc4cc(-c5cc(-c6ccccc6)cc(-c6ccccc6)c5)ccc4c3)c3ccccc3C(c3ccc4ccccc4c3)C2C=C1. The highest BCUT2D eigenvalue weighted by atomic mass is 14.4. The zero-order valence-electron chi connectivity index (χ0n) is 28.8. The highest BCUT2D eigenvalue weighted by molar-refractivity contribution is 5.96. The number of fused-ring (bicyclic) bond motifs is 4. The van der Waals surface area contributed by atoms with Crippen LogP contribution in [0.1, 0.15) is 28.2 Å². The molecule has 52 heavy (non-hydrogen) atoms. The topological polar surface area (TPSA) is 0 Å². The molecule has 0 radical (unpaired) electrons. The van der Waals surface area contributed by atoms with E-state index in [2.05, 4.69) is 206 Å². The molecule has 0 fully saturated rings. The maximum absolute atomic E-state index is 2.41. The normalized spacial score (nSPS) is 16.2. The molecule has 0 aromatic heterocycles. The summed E-state index contributed by atoms with van der Waals surface area (Å²) in [5.41, 5.74) is 15.4. The van der Waals surface area contributed by atoms with Gasteiger partial charge in [-0.25, -0.2) is 0 Å². The number of hydrogen-bond acceptors (Lipinski definition) is 0. The van der Waals surface area contributed by atoms with E-state index < -0.39 is 0 Å². The van der Waals surface area contributed by atoms with E-state index in [1.54, 1.807) is 0 Å². The Balaban J connectivity index is 1.08. The van der Waals surface area contributed by atoms with Crippen LogP contribution in [0.2, 0.25) is 0 Å². The quantitative estimate of drug-likeness (QED) is 0.172. The van der Waals surface area contributed by atoms with Gasteiger partial charge in [0.05, 0.1) is 0 Å². The molecule has 2 aliphatic carbocycles. The first-order chi connectivity index (χ1) is 25.8. The Morgan fingerprint density at radius 2 is 0.904 bits per heavy atom. The van der Waals surface area contributed by atoms with Gasteiger partial charge in [-0.2, -0.15) is 0 Å². The first kappa shape index (κ1) is 30.3. The molecule has 8 aromatic carbocycles. The van der Waals surface area contributed by atoms with Crippen molar-refractivity contribution in [3.05, 3.63) is 234 Å². The maximum Gasteiger partial charge on any atom is 0.0199 e.